The number of hydrogen-bond acceptors (Lipinski definition) is 5. The van der Waals surface area contributed by atoms with Crippen molar-refractivity contribution in [2.24, 2.45) is 0 Å². The van der Waals surface area contributed by atoms with Crippen LogP contribution in [0.2, 0.25) is 0 Å². The third kappa shape index (κ3) is 3.48. The molecule has 0 fully saturated rings. The molecular formula is C12H20N2O2S. The maximum atomic E-state index is 9.63. The van der Waals surface area contributed by atoms with Crippen LogP contribution in [0.4, 0.5) is 0 Å². The molecule has 1 N–H and O–H groups in total. The molecule has 96 valence electrons. The average Bonchev–Trinajstić information content (AvgIpc) is 2.77. The number of aryl methyl sites for hydroxylation is 2. The first-order valence-corrected chi connectivity index (χ1v) is 6.83. The van der Waals surface area contributed by atoms with Gasteiger partial charge in [0.15, 0.2) is 0 Å². The summed E-state index contributed by atoms with van der Waals surface area (Å²) in [4.78, 5) is 8.21. The molecule has 1 atom stereocenters. The molecule has 0 bridgehead atoms. The van der Waals surface area contributed by atoms with E-state index in [4.69, 9.17) is 4.74 Å². The van der Waals surface area contributed by atoms with Crippen LogP contribution in [0, 0.1) is 0 Å². The second-order valence-corrected chi connectivity index (χ2v) is 5.81. The van der Waals surface area contributed by atoms with E-state index >= 15 is 0 Å². The van der Waals surface area contributed by atoms with Gasteiger partial charge in [0.2, 0.25) is 0 Å². The molecule has 17 heavy (non-hydrogen) atoms. The number of hydrogen-bond donors (Lipinski definition) is 1. The molecule has 0 saturated heterocycles. The summed E-state index contributed by atoms with van der Waals surface area (Å²) < 4.78 is 4.91. The first kappa shape index (κ1) is 13.0. The van der Waals surface area contributed by atoms with Crippen LogP contribution in [-0.4, -0.2) is 48.4 Å². The number of nitrogens with zero attached hydrogens (tertiary/aromatic N) is 2. The lowest BCUT2D eigenvalue weighted by Gasteiger charge is -2.18. The van der Waals surface area contributed by atoms with Gasteiger partial charge in [-0.2, -0.15) is 0 Å². The molecule has 1 aromatic heterocycles. The Balaban J connectivity index is 1.83. The van der Waals surface area contributed by atoms with Crippen LogP contribution in [0.15, 0.2) is 0 Å². The van der Waals surface area contributed by atoms with Crippen molar-refractivity contribution >= 4 is 11.3 Å². The van der Waals surface area contributed by atoms with E-state index < -0.39 is 6.10 Å². The van der Waals surface area contributed by atoms with Crippen LogP contribution in [0.25, 0.3) is 0 Å². The fourth-order valence-electron chi connectivity index (χ4n) is 2.21. The summed E-state index contributed by atoms with van der Waals surface area (Å²) in [6.45, 7) is 1.83. The summed E-state index contributed by atoms with van der Waals surface area (Å²) >= 11 is 1.83. The molecule has 1 heterocycles. The van der Waals surface area contributed by atoms with E-state index in [-0.39, 0.29) is 0 Å². The zero-order valence-corrected chi connectivity index (χ0v) is 11.3. The quantitative estimate of drug-likeness (QED) is 0.827. The summed E-state index contributed by atoms with van der Waals surface area (Å²) in [5.41, 5.74) is 1.30. The lowest BCUT2D eigenvalue weighted by atomic mass is 10.3. The average molecular weight is 256 g/mol. The minimum atomic E-state index is -0.420. The molecule has 1 aliphatic rings. The number of thiazole rings is 1. The number of fused-ring (bicyclic) bond motifs is 1. The molecule has 0 spiro atoms. The van der Waals surface area contributed by atoms with Crippen LogP contribution >= 0.6 is 11.3 Å². The van der Waals surface area contributed by atoms with Gasteiger partial charge in [-0.1, -0.05) is 0 Å². The maximum Gasteiger partial charge on any atom is 0.107 e. The highest BCUT2D eigenvalue weighted by Crippen LogP contribution is 2.27. The molecule has 1 unspecified atom stereocenters. The van der Waals surface area contributed by atoms with Gasteiger partial charge < -0.3 is 9.84 Å². The Kier molecular flexibility index (Phi) is 4.50. The van der Waals surface area contributed by atoms with E-state index in [0.29, 0.717) is 13.2 Å². The normalized spacial score (nSPS) is 16.5. The fraction of sp³-hybridized carbons (Fsp3) is 0.750. The summed E-state index contributed by atoms with van der Waals surface area (Å²) in [5.74, 6) is 0. The lowest BCUT2D eigenvalue weighted by molar-refractivity contribution is 0.0418. The van der Waals surface area contributed by atoms with E-state index in [1.165, 1.54) is 28.4 Å². The first-order valence-electron chi connectivity index (χ1n) is 6.02. The Bertz CT molecular complexity index is 346. The van der Waals surface area contributed by atoms with Crippen molar-refractivity contribution in [3.05, 3.63) is 15.6 Å². The van der Waals surface area contributed by atoms with E-state index in [1.807, 2.05) is 18.4 Å². The van der Waals surface area contributed by atoms with E-state index in [9.17, 15) is 5.11 Å². The van der Waals surface area contributed by atoms with Gasteiger partial charge >= 0.3 is 0 Å². The molecule has 1 aliphatic carbocycles. The predicted octanol–water partition coefficient (Wildman–Crippen LogP) is 1.07. The first-order chi connectivity index (χ1) is 8.19. The van der Waals surface area contributed by atoms with Crippen LogP contribution in [0.5, 0.6) is 0 Å². The van der Waals surface area contributed by atoms with E-state index in [2.05, 4.69) is 9.88 Å². The standard InChI is InChI=1S/C12H20N2O2S/c1-14(6-9(15)8-16-2)7-12-13-10-4-3-5-11(10)17-12/h9,15H,3-8H2,1-2H3. The maximum absolute atomic E-state index is 9.63. The molecule has 4 nitrogen and oxygen atoms in total. The molecule has 0 amide bonds. The zero-order valence-electron chi connectivity index (χ0n) is 10.5. The van der Waals surface area contributed by atoms with Gasteiger partial charge in [-0.25, -0.2) is 4.98 Å². The summed E-state index contributed by atoms with van der Waals surface area (Å²) in [5, 5.41) is 10.8. The van der Waals surface area contributed by atoms with Crippen LogP contribution in [-0.2, 0) is 24.1 Å². The van der Waals surface area contributed by atoms with Crippen molar-refractivity contribution in [2.75, 3.05) is 27.3 Å². The van der Waals surface area contributed by atoms with Crippen LogP contribution in [0.3, 0.4) is 0 Å². The Morgan fingerprint density at radius 2 is 2.35 bits per heavy atom. The number of methoxy groups -OCH3 is 1. The zero-order chi connectivity index (χ0) is 12.3. The van der Waals surface area contributed by atoms with Crippen LogP contribution in [0.1, 0.15) is 22.0 Å². The fourth-order valence-corrected chi connectivity index (χ4v) is 3.45. The van der Waals surface area contributed by atoms with E-state index in [0.717, 1.165) is 13.0 Å². The monoisotopic (exact) mass is 256 g/mol. The van der Waals surface area contributed by atoms with Gasteiger partial charge in [0, 0.05) is 18.5 Å². The molecule has 1 aromatic rings. The summed E-state index contributed by atoms with van der Waals surface area (Å²) in [6, 6.07) is 0. The van der Waals surface area contributed by atoms with Gasteiger partial charge in [-0.3, -0.25) is 4.90 Å². The number of aliphatic hydroxyl groups is 1. The number of rotatable bonds is 6. The largest absolute Gasteiger partial charge is 0.389 e. The Morgan fingerprint density at radius 3 is 3.06 bits per heavy atom. The molecule has 2 rings (SSSR count). The molecule has 0 aromatic carbocycles. The van der Waals surface area contributed by atoms with Gasteiger partial charge in [-0.15, -0.1) is 11.3 Å². The molecule has 0 saturated carbocycles. The number of ether oxygens (including phenoxy) is 1. The van der Waals surface area contributed by atoms with Crippen molar-refractivity contribution in [3.8, 4) is 0 Å². The van der Waals surface area contributed by atoms with Gasteiger partial charge in [0.1, 0.15) is 5.01 Å². The van der Waals surface area contributed by atoms with Crippen molar-refractivity contribution in [3.63, 3.8) is 0 Å². The number of likely N-dealkylation sites (N-methyl/N-ethyl adjacent to an activating group) is 1. The minimum Gasteiger partial charge on any atom is -0.389 e. The van der Waals surface area contributed by atoms with Crippen molar-refractivity contribution in [2.45, 2.75) is 31.9 Å². The summed E-state index contributed by atoms with van der Waals surface area (Å²) in [6.07, 6.45) is 3.18. The Morgan fingerprint density at radius 1 is 1.53 bits per heavy atom. The SMILES string of the molecule is COCC(O)CN(C)Cc1nc2c(s1)CCC2. The highest BCUT2D eigenvalue weighted by atomic mass is 32.1. The van der Waals surface area contributed by atoms with Gasteiger partial charge in [-0.05, 0) is 26.3 Å². The molecule has 0 radical (unpaired) electrons. The topological polar surface area (TPSA) is 45.6 Å². The highest BCUT2D eigenvalue weighted by Gasteiger charge is 2.17. The summed E-state index contributed by atoms with van der Waals surface area (Å²) in [7, 11) is 3.61. The smallest absolute Gasteiger partial charge is 0.107 e. The van der Waals surface area contributed by atoms with Gasteiger partial charge in [0.05, 0.1) is 24.9 Å². The molecule has 5 heteroatoms. The second kappa shape index (κ2) is 5.91. The predicted molar refractivity (Wildman–Crippen MR) is 68.4 cm³/mol. The number of aromatic nitrogens is 1. The van der Waals surface area contributed by atoms with E-state index in [1.54, 1.807) is 7.11 Å². The minimum absolute atomic E-state index is 0.388. The van der Waals surface area contributed by atoms with Crippen molar-refractivity contribution < 1.29 is 9.84 Å². The molecule has 0 aliphatic heterocycles. The third-order valence-corrected chi connectivity index (χ3v) is 4.07. The highest BCUT2D eigenvalue weighted by molar-refractivity contribution is 7.11. The van der Waals surface area contributed by atoms with Gasteiger partial charge in [0.25, 0.3) is 0 Å². The lowest BCUT2D eigenvalue weighted by Crippen LogP contribution is -2.31. The van der Waals surface area contributed by atoms with Crippen LogP contribution < -0.4 is 0 Å². The second-order valence-electron chi connectivity index (χ2n) is 4.64. The Labute approximate surface area is 106 Å². The molecular weight excluding hydrogens is 236 g/mol. The number of aliphatic hydroxyl groups excluding tert-OH is 1. The van der Waals surface area contributed by atoms with Crippen molar-refractivity contribution in [1.29, 1.82) is 0 Å². The van der Waals surface area contributed by atoms with Crippen molar-refractivity contribution in [1.82, 2.24) is 9.88 Å². The third-order valence-electron chi connectivity index (χ3n) is 2.93. The Hall–Kier alpha value is -0.490.